The van der Waals surface area contributed by atoms with Crippen molar-refractivity contribution in [2.75, 3.05) is 19.4 Å². The summed E-state index contributed by atoms with van der Waals surface area (Å²) in [5, 5.41) is 4.93. The summed E-state index contributed by atoms with van der Waals surface area (Å²) in [4.78, 5) is 22.9. The van der Waals surface area contributed by atoms with Crippen molar-refractivity contribution in [3.05, 3.63) is 35.7 Å². The van der Waals surface area contributed by atoms with Gasteiger partial charge in [0.05, 0.1) is 0 Å². The van der Waals surface area contributed by atoms with E-state index in [1.165, 1.54) is 12.8 Å². The Morgan fingerprint density at radius 1 is 1.27 bits per heavy atom. The number of nitrogens with zero attached hydrogens (tertiary/aromatic N) is 3. The number of nitrogens with two attached hydrogens (primary N) is 1. The Balaban J connectivity index is 1.55. The molecule has 1 aromatic heterocycles. The largest absolute Gasteiger partial charge is 0.367 e. The summed E-state index contributed by atoms with van der Waals surface area (Å²) in [6, 6.07) is 1.11. The second-order valence-electron chi connectivity index (χ2n) is 7.51. The van der Waals surface area contributed by atoms with Gasteiger partial charge < -0.3 is 16.0 Å². The minimum Gasteiger partial charge on any atom is -0.367 e. The summed E-state index contributed by atoms with van der Waals surface area (Å²) in [5.41, 5.74) is 7.16. The molecule has 138 valence electrons. The Hall–Kier alpha value is -1.86. The van der Waals surface area contributed by atoms with Crippen LogP contribution >= 0.6 is 11.8 Å². The fraction of sp³-hybridized carbons (Fsp3) is 0.526. The molecule has 0 bridgehead atoms. The average Bonchev–Trinajstić information content (AvgIpc) is 3.00. The van der Waals surface area contributed by atoms with Crippen LogP contribution in [-0.2, 0) is 4.79 Å². The normalized spacial score (nSPS) is 29.9. The first-order valence-corrected chi connectivity index (χ1v) is 10.0. The van der Waals surface area contributed by atoms with Gasteiger partial charge in [0, 0.05) is 34.4 Å². The van der Waals surface area contributed by atoms with Gasteiger partial charge in [-0.1, -0.05) is 30.0 Å². The number of carbonyl (C=O) groups is 1. The van der Waals surface area contributed by atoms with Crippen molar-refractivity contribution < 1.29 is 4.79 Å². The van der Waals surface area contributed by atoms with Crippen molar-refractivity contribution in [2.45, 2.75) is 54.0 Å². The minimum atomic E-state index is -0.383. The number of hydrogen-bond donors (Lipinski definition) is 2. The van der Waals surface area contributed by atoms with Gasteiger partial charge in [-0.2, -0.15) is 0 Å². The summed E-state index contributed by atoms with van der Waals surface area (Å²) in [6.07, 6.45) is 12.2. The quantitative estimate of drug-likeness (QED) is 0.790. The Labute approximate surface area is 158 Å². The molecule has 0 aromatic carbocycles. The van der Waals surface area contributed by atoms with E-state index in [9.17, 15) is 4.79 Å². The van der Waals surface area contributed by atoms with Crippen LogP contribution in [-0.4, -0.2) is 52.2 Å². The Morgan fingerprint density at radius 3 is 2.73 bits per heavy atom. The minimum absolute atomic E-state index is 0.101. The molecule has 0 radical (unpaired) electrons. The third kappa shape index (κ3) is 3.25. The van der Waals surface area contributed by atoms with Gasteiger partial charge >= 0.3 is 0 Å². The zero-order valence-corrected chi connectivity index (χ0v) is 16.0. The van der Waals surface area contributed by atoms with E-state index in [-0.39, 0.29) is 17.1 Å². The van der Waals surface area contributed by atoms with Gasteiger partial charge in [0.2, 0.25) is 5.91 Å². The molecule has 26 heavy (non-hydrogen) atoms. The number of nitrogens with one attached hydrogen (secondary N) is 1. The molecular weight excluding hydrogens is 346 g/mol. The van der Waals surface area contributed by atoms with Crippen molar-refractivity contribution >= 4 is 23.5 Å². The highest BCUT2D eigenvalue weighted by Gasteiger charge is 2.37. The summed E-state index contributed by atoms with van der Waals surface area (Å²) in [5.74, 6) is 0.634. The number of anilines is 1. The lowest BCUT2D eigenvalue weighted by molar-refractivity contribution is -0.114. The highest BCUT2D eigenvalue weighted by Crippen LogP contribution is 2.50. The van der Waals surface area contributed by atoms with Gasteiger partial charge in [0.25, 0.3) is 0 Å². The topological polar surface area (TPSA) is 84.1 Å². The van der Waals surface area contributed by atoms with Gasteiger partial charge in [0.1, 0.15) is 17.2 Å². The average molecular weight is 372 g/mol. The molecule has 4 rings (SSSR count). The zero-order chi connectivity index (χ0) is 18.3. The highest BCUT2D eigenvalue weighted by molar-refractivity contribution is 8.00. The molecule has 0 saturated heterocycles. The summed E-state index contributed by atoms with van der Waals surface area (Å²) in [7, 11) is 4.32. The van der Waals surface area contributed by atoms with Crippen LogP contribution in [0.4, 0.5) is 5.82 Å². The van der Waals surface area contributed by atoms with Crippen LogP contribution in [0.1, 0.15) is 37.2 Å². The van der Waals surface area contributed by atoms with E-state index in [0.29, 0.717) is 17.7 Å². The molecule has 2 heterocycles. The molecule has 1 aliphatic heterocycles. The zero-order valence-electron chi connectivity index (χ0n) is 15.2. The smallest absolute Gasteiger partial charge is 0.248 e. The maximum Gasteiger partial charge on any atom is 0.248 e. The van der Waals surface area contributed by atoms with Crippen LogP contribution in [0.2, 0.25) is 0 Å². The molecule has 1 amide bonds. The van der Waals surface area contributed by atoms with Crippen molar-refractivity contribution in [3.63, 3.8) is 0 Å². The summed E-state index contributed by atoms with van der Waals surface area (Å²) < 4.78 is 0. The third-order valence-electron chi connectivity index (χ3n) is 5.66. The standard InChI is InChI=1S/C19H25N5OS/c1-24(2)13-6-4-12(5-7-13)23-18-16-14-9-11(17(20)25)3-8-15(14)26-19(16)22-10-21-18/h3,8-10,12-15H,4-7H2,1-2H3,(H2,20,25)(H,21,22,23)/t12-,13-,14?,15?. The maximum absolute atomic E-state index is 11.6. The van der Waals surface area contributed by atoms with E-state index >= 15 is 0 Å². The Morgan fingerprint density at radius 2 is 2.04 bits per heavy atom. The van der Waals surface area contributed by atoms with Crippen molar-refractivity contribution in [3.8, 4) is 0 Å². The highest BCUT2D eigenvalue weighted by atomic mass is 32.2. The Bertz CT molecular complexity index is 767. The molecule has 7 heteroatoms. The second kappa shape index (κ2) is 7.04. The number of rotatable bonds is 4. The van der Waals surface area contributed by atoms with Gasteiger partial charge in [-0.3, -0.25) is 4.79 Å². The van der Waals surface area contributed by atoms with E-state index in [4.69, 9.17) is 5.73 Å². The number of thioether (sulfide) groups is 1. The predicted octanol–water partition coefficient (Wildman–Crippen LogP) is 2.30. The van der Waals surface area contributed by atoms with E-state index < -0.39 is 0 Å². The van der Waals surface area contributed by atoms with E-state index in [1.807, 2.05) is 12.2 Å². The number of amides is 1. The third-order valence-corrected chi connectivity index (χ3v) is 6.93. The fourth-order valence-corrected chi connectivity index (χ4v) is 5.38. The molecule has 3 N–H and O–H groups in total. The number of fused-ring (bicyclic) bond motifs is 3. The summed E-state index contributed by atoms with van der Waals surface area (Å²) >= 11 is 1.73. The van der Waals surface area contributed by atoms with Crippen LogP contribution in [0.15, 0.2) is 35.2 Å². The monoisotopic (exact) mass is 371 g/mol. The van der Waals surface area contributed by atoms with Crippen LogP contribution < -0.4 is 11.1 Å². The maximum atomic E-state index is 11.6. The lowest BCUT2D eigenvalue weighted by Gasteiger charge is -2.33. The van der Waals surface area contributed by atoms with Gasteiger partial charge in [-0.25, -0.2) is 9.97 Å². The number of aromatic nitrogens is 2. The molecule has 2 atom stereocenters. The number of hydrogen-bond acceptors (Lipinski definition) is 6. The lowest BCUT2D eigenvalue weighted by atomic mass is 9.88. The van der Waals surface area contributed by atoms with Gasteiger partial charge in [-0.15, -0.1) is 0 Å². The van der Waals surface area contributed by atoms with Crippen LogP contribution in [0.5, 0.6) is 0 Å². The molecule has 2 unspecified atom stereocenters. The predicted molar refractivity (Wildman–Crippen MR) is 104 cm³/mol. The van der Waals surface area contributed by atoms with Crippen LogP contribution in [0, 0.1) is 0 Å². The van der Waals surface area contributed by atoms with Gasteiger partial charge in [0.15, 0.2) is 0 Å². The molecule has 1 fully saturated rings. The number of primary amides is 1. The molecule has 1 aromatic rings. The first-order valence-electron chi connectivity index (χ1n) is 9.17. The summed E-state index contributed by atoms with van der Waals surface area (Å²) in [6.45, 7) is 0. The molecule has 2 aliphatic carbocycles. The molecule has 6 nitrogen and oxygen atoms in total. The van der Waals surface area contributed by atoms with E-state index in [1.54, 1.807) is 18.1 Å². The fourth-order valence-electron chi connectivity index (χ4n) is 4.13. The van der Waals surface area contributed by atoms with Crippen molar-refractivity contribution in [1.82, 2.24) is 14.9 Å². The number of allylic oxidation sites excluding steroid dienone is 1. The molecule has 1 saturated carbocycles. The van der Waals surface area contributed by atoms with Gasteiger partial charge in [-0.05, 0) is 39.8 Å². The van der Waals surface area contributed by atoms with E-state index in [0.717, 1.165) is 29.2 Å². The SMILES string of the molecule is CN(C)[C@H]1CC[C@H](Nc2ncnc3c2C2C=C(C(N)=O)C=CC2S3)CC1. The first-order chi connectivity index (χ1) is 12.5. The van der Waals surface area contributed by atoms with Crippen molar-refractivity contribution in [2.24, 2.45) is 5.73 Å². The second-order valence-corrected chi connectivity index (χ2v) is 8.67. The number of carbonyl (C=O) groups excluding carboxylic acids is 1. The molecule has 3 aliphatic rings. The van der Waals surface area contributed by atoms with Crippen LogP contribution in [0.3, 0.4) is 0 Å². The first kappa shape index (κ1) is 17.5. The molecular formula is C19H25N5OS. The van der Waals surface area contributed by atoms with E-state index in [2.05, 4.69) is 40.4 Å². The Kier molecular flexibility index (Phi) is 4.75. The van der Waals surface area contributed by atoms with Crippen molar-refractivity contribution in [1.29, 1.82) is 0 Å². The van der Waals surface area contributed by atoms with Crippen LogP contribution in [0.25, 0.3) is 0 Å². The molecule has 0 spiro atoms. The lowest BCUT2D eigenvalue weighted by Crippen LogP contribution is -2.36.